The van der Waals surface area contributed by atoms with Crippen LogP contribution in [0.5, 0.6) is 0 Å². The molecule has 0 heterocycles. The number of rotatable bonds is 7. The van der Waals surface area contributed by atoms with Gasteiger partial charge in [-0.2, -0.15) is 0 Å². The summed E-state index contributed by atoms with van der Waals surface area (Å²) in [6.07, 6.45) is 2.45. The largest absolute Gasteiger partial charge is 0.351 e. The van der Waals surface area contributed by atoms with Gasteiger partial charge in [0.05, 0.1) is 4.92 Å². The molecule has 21 heavy (non-hydrogen) atoms. The van der Waals surface area contributed by atoms with Gasteiger partial charge in [0.2, 0.25) is 0 Å². The number of likely N-dealkylation sites (N-methyl/N-ethyl adjacent to an activating group) is 1. The smallest absolute Gasteiger partial charge is 0.288 e. The van der Waals surface area contributed by atoms with Gasteiger partial charge in [-0.25, -0.2) is 0 Å². The predicted octanol–water partition coefficient (Wildman–Crippen LogP) is 2.46. The lowest BCUT2D eigenvalue weighted by molar-refractivity contribution is -0.384. The van der Waals surface area contributed by atoms with Gasteiger partial charge in [-0.05, 0) is 31.5 Å². The average Bonchev–Trinajstić information content (AvgIpc) is 3.28. The maximum atomic E-state index is 12.0. The third-order valence-electron chi connectivity index (χ3n) is 3.56. The Bertz CT molecular complexity index is 546. The maximum absolute atomic E-state index is 12.0. The highest BCUT2D eigenvalue weighted by Gasteiger charge is 2.27. The number of halogens is 1. The minimum Gasteiger partial charge on any atom is -0.351 e. The van der Waals surface area contributed by atoms with Crippen LogP contribution in [0.15, 0.2) is 18.2 Å². The molecule has 1 aliphatic rings. The average molecular weight is 312 g/mol. The van der Waals surface area contributed by atoms with Crippen molar-refractivity contribution >= 4 is 23.2 Å². The first-order valence-corrected chi connectivity index (χ1v) is 7.37. The van der Waals surface area contributed by atoms with Crippen molar-refractivity contribution in [2.45, 2.75) is 25.8 Å². The number of hydrogen-bond donors (Lipinski definition) is 1. The quantitative estimate of drug-likeness (QED) is 0.620. The lowest BCUT2D eigenvalue weighted by Gasteiger charge is -2.19. The molecule has 1 aliphatic carbocycles. The molecule has 1 amide bonds. The van der Waals surface area contributed by atoms with E-state index in [0.29, 0.717) is 12.6 Å². The normalized spacial score (nSPS) is 14.2. The van der Waals surface area contributed by atoms with E-state index in [4.69, 9.17) is 11.6 Å². The molecule has 0 saturated heterocycles. The fourth-order valence-corrected chi connectivity index (χ4v) is 2.43. The molecule has 0 aliphatic heterocycles. The summed E-state index contributed by atoms with van der Waals surface area (Å²) in [7, 11) is 0. The van der Waals surface area contributed by atoms with Crippen LogP contribution in [-0.2, 0) is 0 Å². The Morgan fingerprint density at radius 3 is 2.81 bits per heavy atom. The first kappa shape index (κ1) is 15.7. The monoisotopic (exact) mass is 311 g/mol. The summed E-state index contributed by atoms with van der Waals surface area (Å²) >= 11 is 5.72. The third-order valence-corrected chi connectivity index (χ3v) is 3.88. The zero-order valence-corrected chi connectivity index (χ0v) is 12.6. The zero-order chi connectivity index (χ0) is 15.4. The number of amides is 1. The molecule has 0 unspecified atom stereocenters. The van der Waals surface area contributed by atoms with E-state index in [1.807, 2.05) is 0 Å². The van der Waals surface area contributed by atoms with Crippen LogP contribution in [0.25, 0.3) is 0 Å². The van der Waals surface area contributed by atoms with Gasteiger partial charge < -0.3 is 5.32 Å². The molecule has 1 N–H and O–H groups in total. The number of carbonyl (C=O) groups is 1. The van der Waals surface area contributed by atoms with Crippen LogP contribution in [0, 0.1) is 10.1 Å². The van der Waals surface area contributed by atoms with Crippen LogP contribution < -0.4 is 5.32 Å². The summed E-state index contributed by atoms with van der Waals surface area (Å²) < 4.78 is 0. The van der Waals surface area contributed by atoms with Gasteiger partial charge in [0, 0.05) is 30.8 Å². The molecule has 0 spiro atoms. The molecule has 1 fully saturated rings. The molecule has 0 radical (unpaired) electrons. The summed E-state index contributed by atoms with van der Waals surface area (Å²) in [6.45, 7) is 4.39. The minimum absolute atomic E-state index is 0.0300. The summed E-state index contributed by atoms with van der Waals surface area (Å²) in [5, 5.41) is 13.6. The van der Waals surface area contributed by atoms with Crippen molar-refractivity contribution in [1.82, 2.24) is 10.2 Å². The van der Waals surface area contributed by atoms with Crippen LogP contribution in [0.4, 0.5) is 5.69 Å². The number of hydrogen-bond acceptors (Lipinski definition) is 4. The molecular formula is C14H18ClN3O3. The van der Waals surface area contributed by atoms with Crippen molar-refractivity contribution in [1.29, 1.82) is 0 Å². The highest BCUT2D eigenvalue weighted by molar-refractivity contribution is 6.32. The van der Waals surface area contributed by atoms with E-state index in [1.165, 1.54) is 31.0 Å². The summed E-state index contributed by atoms with van der Waals surface area (Å²) in [4.78, 5) is 24.5. The molecule has 1 aromatic carbocycles. The molecule has 114 valence electrons. The predicted molar refractivity (Wildman–Crippen MR) is 80.7 cm³/mol. The van der Waals surface area contributed by atoms with E-state index < -0.39 is 4.92 Å². The van der Waals surface area contributed by atoms with Crippen molar-refractivity contribution in [2.75, 3.05) is 19.6 Å². The van der Waals surface area contributed by atoms with Crippen molar-refractivity contribution in [3.05, 3.63) is 38.9 Å². The van der Waals surface area contributed by atoms with Gasteiger partial charge in [0.1, 0.15) is 5.02 Å². The fourth-order valence-electron chi connectivity index (χ4n) is 2.25. The lowest BCUT2D eigenvalue weighted by atomic mass is 10.2. The molecule has 7 heteroatoms. The SMILES string of the molecule is CCN(CCNC(=O)c1ccc(Cl)c([N+](=O)[O-])c1)C1CC1. The molecule has 6 nitrogen and oxygen atoms in total. The number of nitrogens with zero attached hydrogens (tertiary/aromatic N) is 2. The van der Waals surface area contributed by atoms with E-state index in [0.717, 1.165) is 13.1 Å². The Morgan fingerprint density at radius 2 is 2.24 bits per heavy atom. The van der Waals surface area contributed by atoms with Gasteiger partial charge in [-0.3, -0.25) is 19.8 Å². The Balaban J connectivity index is 1.91. The Morgan fingerprint density at radius 1 is 1.52 bits per heavy atom. The Hall–Kier alpha value is -1.66. The van der Waals surface area contributed by atoms with Crippen LogP contribution in [0.3, 0.4) is 0 Å². The molecule has 0 bridgehead atoms. The third kappa shape index (κ3) is 4.15. The van der Waals surface area contributed by atoms with Crippen LogP contribution >= 0.6 is 11.6 Å². The van der Waals surface area contributed by atoms with Crippen molar-refractivity contribution in [2.24, 2.45) is 0 Å². The number of carbonyl (C=O) groups excluding carboxylic acids is 1. The second-order valence-electron chi connectivity index (χ2n) is 5.04. The van der Waals surface area contributed by atoms with E-state index in [9.17, 15) is 14.9 Å². The number of benzene rings is 1. The van der Waals surface area contributed by atoms with Crippen molar-refractivity contribution in [3.63, 3.8) is 0 Å². The van der Waals surface area contributed by atoms with Gasteiger partial charge in [-0.1, -0.05) is 18.5 Å². The zero-order valence-electron chi connectivity index (χ0n) is 11.8. The fraction of sp³-hybridized carbons (Fsp3) is 0.500. The summed E-state index contributed by atoms with van der Waals surface area (Å²) in [6, 6.07) is 4.72. The molecular weight excluding hydrogens is 294 g/mol. The second kappa shape index (κ2) is 6.87. The standard InChI is InChI=1S/C14H18ClN3O3/c1-2-17(11-4-5-11)8-7-16-14(19)10-3-6-12(15)13(9-10)18(20)21/h3,6,9,11H,2,4-5,7-8H2,1H3,(H,16,19). The van der Waals surface area contributed by atoms with E-state index >= 15 is 0 Å². The molecule has 1 aromatic rings. The molecule has 1 saturated carbocycles. The van der Waals surface area contributed by atoms with Crippen LogP contribution in [0.2, 0.25) is 5.02 Å². The summed E-state index contributed by atoms with van der Waals surface area (Å²) in [5.41, 5.74) is -0.00180. The minimum atomic E-state index is -0.592. The van der Waals surface area contributed by atoms with Gasteiger partial charge >= 0.3 is 0 Å². The number of nitro groups is 1. The molecule has 0 aromatic heterocycles. The lowest BCUT2D eigenvalue weighted by Crippen LogP contribution is -2.36. The Labute approximate surface area is 128 Å². The molecule has 0 atom stereocenters. The topological polar surface area (TPSA) is 75.5 Å². The first-order valence-electron chi connectivity index (χ1n) is 6.99. The van der Waals surface area contributed by atoms with Gasteiger partial charge in [0.25, 0.3) is 11.6 Å². The maximum Gasteiger partial charge on any atom is 0.288 e. The van der Waals surface area contributed by atoms with Crippen LogP contribution in [0.1, 0.15) is 30.1 Å². The van der Waals surface area contributed by atoms with E-state index in [-0.39, 0.29) is 22.2 Å². The first-order chi connectivity index (χ1) is 10.0. The Kier molecular flexibility index (Phi) is 5.14. The van der Waals surface area contributed by atoms with E-state index in [2.05, 4.69) is 17.1 Å². The summed E-state index contributed by atoms with van der Waals surface area (Å²) in [5.74, 6) is -0.318. The highest BCUT2D eigenvalue weighted by atomic mass is 35.5. The second-order valence-corrected chi connectivity index (χ2v) is 5.45. The number of nitrogens with one attached hydrogen (secondary N) is 1. The van der Waals surface area contributed by atoms with Gasteiger partial charge in [-0.15, -0.1) is 0 Å². The van der Waals surface area contributed by atoms with Gasteiger partial charge in [0.15, 0.2) is 0 Å². The highest BCUT2D eigenvalue weighted by Crippen LogP contribution is 2.26. The number of nitro benzene ring substituents is 1. The molecule has 2 rings (SSSR count). The van der Waals surface area contributed by atoms with Crippen molar-refractivity contribution < 1.29 is 9.72 Å². The van der Waals surface area contributed by atoms with Crippen molar-refractivity contribution in [3.8, 4) is 0 Å². The van der Waals surface area contributed by atoms with Crippen LogP contribution in [-0.4, -0.2) is 41.4 Å². The van der Waals surface area contributed by atoms with E-state index in [1.54, 1.807) is 0 Å².